The number of nitrogens with zero attached hydrogens (tertiary/aromatic N) is 3. The van der Waals surface area contributed by atoms with Crippen LogP contribution in [0.2, 0.25) is 0 Å². The summed E-state index contributed by atoms with van der Waals surface area (Å²) in [5, 5.41) is 11.6. The summed E-state index contributed by atoms with van der Waals surface area (Å²) in [5.41, 5.74) is 9.21. The Morgan fingerprint density at radius 2 is 1.07 bits per heavy atom. The molecule has 57 heavy (non-hydrogen) atoms. The van der Waals surface area contributed by atoms with Gasteiger partial charge in [-0.1, -0.05) is 152 Å². The molecule has 0 bridgehead atoms. The van der Waals surface area contributed by atoms with E-state index >= 15 is 0 Å². The third kappa shape index (κ3) is 5.04. The van der Waals surface area contributed by atoms with Crippen LogP contribution in [0.3, 0.4) is 0 Å². The van der Waals surface area contributed by atoms with Crippen LogP contribution in [0.15, 0.2) is 174 Å². The van der Waals surface area contributed by atoms with Crippen molar-refractivity contribution in [1.29, 1.82) is 0 Å². The lowest BCUT2D eigenvalue weighted by Gasteiger charge is -2.14. The van der Waals surface area contributed by atoms with E-state index in [2.05, 4.69) is 170 Å². The molecule has 4 nitrogen and oxygen atoms in total. The number of aryl methyl sites for hydroxylation is 1. The highest BCUT2D eigenvalue weighted by Crippen LogP contribution is 2.44. The van der Waals surface area contributed by atoms with Gasteiger partial charge in [-0.25, -0.2) is 15.0 Å². The van der Waals surface area contributed by atoms with Gasteiger partial charge in [-0.3, -0.25) is 0 Å². The largest absolute Gasteiger partial charge is 0.455 e. The summed E-state index contributed by atoms with van der Waals surface area (Å²) in [4.78, 5) is 15.9. The van der Waals surface area contributed by atoms with E-state index in [1.165, 1.54) is 43.4 Å². The van der Waals surface area contributed by atoms with Gasteiger partial charge in [0.1, 0.15) is 11.2 Å². The predicted octanol–water partition coefficient (Wildman–Crippen LogP) is 14.0. The molecule has 0 N–H and O–H groups in total. The quantitative estimate of drug-likeness (QED) is 0.169. The average Bonchev–Trinajstić information content (AvgIpc) is 3.66. The van der Waals surface area contributed by atoms with Crippen molar-refractivity contribution >= 4 is 71.1 Å². The van der Waals surface area contributed by atoms with Crippen LogP contribution < -0.4 is 0 Å². The number of fused-ring (bicyclic) bond motifs is 11. The summed E-state index contributed by atoms with van der Waals surface area (Å²) in [6.07, 6.45) is 6.56. The number of hydrogen-bond acceptors (Lipinski definition) is 4. The minimum Gasteiger partial charge on any atom is -0.455 e. The highest BCUT2D eigenvalue weighted by molar-refractivity contribution is 6.26. The number of benzene rings is 9. The smallest absolute Gasteiger partial charge is 0.164 e. The molecule has 9 aromatic carbocycles. The van der Waals surface area contributed by atoms with E-state index in [0.717, 1.165) is 73.4 Å². The average molecular weight is 728 g/mol. The van der Waals surface area contributed by atoms with Crippen LogP contribution in [0, 0.1) is 0 Å². The zero-order valence-electron chi connectivity index (χ0n) is 30.9. The molecule has 0 fully saturated rings. The molecule has 2 heterocycles. The Morgan fingerprint density at radius 3 is 1.84 bits per heavy atom. The van der Waals surface area contributed by atoms with Gasteiger partial charge in [0.15, 0.2) is 17.5 Å². The SMILES string of the molecule is C1=Cc2cc(-c3nc(-c4ccc5c6ccccc6c6ccccc6c5c4)nc(-c4cccc5oc6c(-c7ccccc7)c7ccccc7cc6c45)n3)ccc2CC1. The molecule has 0 saturated heterocycles. The first kappa shape index (κ1) is 31.9. The van der Waals surface area contributed by atoms with E-state index in [1.807, 2.05) is 6.07 Å². The Kier molecular flexibility index (Phi) is 7.02. The van der Waals surface area contributed by atoms with Crippen LogP contribution in [0.5, 0.6) is 0 Å². The molecule has 11 aromatic rings. The molecule has 1 aliphatic carbocycles. The summed E-state index contributed by atoms with van der Waals surface area (Å²) < 4.78 is 6.85. The molecule has 12 rings (SSSR count). The highest BCUT2D eigenvalue weighted by atomic mass is 16.3. The Hall–Kier alpha value is -7.43. The summed E-state index contributed by atoms with van der Waals surface area (Å²) >= 11 is 0. The van der Waals surface area contributed by atoms with Crippen molar-refractivity contribution in [3.8, 4) is 45.3 Å². The maximum Gasteiger partial charge on any atom is 0.164 e. The van der Waals surface area contributed by atoms with E-state index in [0.29, 0.717) is 17.5 Å². The molecule has 266 valence electrons. The Labute approximate surface area is 328 Å². The summed E-state index contributed by atoms with van der Waals surface area (Å²) in [7, 11) is 0. The first-order valence-electron chi connectivity index (χ1n) is 19.6. The second-order valence-electron chi connectivity index (χ2n) is 15.0. The monoisotopic (exact) mass is 727 g/mol. The van der Waals surface area contributed by atoms with Gasteiger partial charge in [0.25, 0.3) is 0 Å². The first-order chi connectivity index (χ1) is 28.2. The molecule has 0 saturated carbocycles. The first-order valence-corrected chi connectivity index (χ1v) is 19.6. The number of aromatic nitrogens is 3. The highest BCUT2D eigenvalue weighted by Gasteiger charge is 2.22. The van der Waals surface area contributed by atoms with Gasteiger partial charge in [-0.05, 0) is 96.9 Å². The standard InChI is InChI=1S/C53H33N3O/c1-2-14-33(15-3-1)48-38-18-7-6-17-35(38)30-46-49-44(23-12-24-47(49)57-50(46)48)53-55-51(36-26-25-32-13-4-5-16-34(32)29-36)54-52(56-53)37-27-28-43-41-21-9-8-19-39(41)40-20-10-11-22-42(40)45(43)31-37/h1-3,5-12,14-31H,4,13H2. The number of allylic oxidation sites excluding steroid dienone is 1. The van der Waals surface area contributed by atoms with Gasteiger partial charge in [-0.2, -0.15) is 0 Å². The lowest BCUT2D eigenvalue weighted by Crippen LogP contribution is -2.02. The number of furan rings is 1. The molecule has 4 heteroatoms. The van der Waals surface area contributed by atoms with Crippen LogP contribution in [0.25, 0.3) is 116 Å². The zero-order valence-corrected chi connectivity index (χ0v) is 30.9. The molecule has 2 aromatic heterocycles. The van der Waals surface area contributed by atoms with Crippen LogP contribution in [0.4, 0.5) is 0 Å². The Balaban J connectivity index is 1.14. The third-order valence-corrected chi connectivity index (χ3v) is 11.7. The Morgan fingerprint density at radius 1 is 0.439 bits per heavy atom. The van der Waals surface area contributed by atoms with Crippen LogP contribution in [-0.4, -0.2) is 15.0 Å². The van der Waals surface area contributed by atoms with Gasteiger partial charge >= 0.3 is 0 Å². The molecule has 0 amide bonds. The van der Waals surface area contributed by atoms with Crippen molar-refractivity contribution in [2.24, 2.45) is 0 Å². The lowest BCUT2D eigenvalue weighted by atomic mass is 9.93. The maximum atomic E-state index is 6.85. The van der Waals surface area contributed by atoms with E-state index in [1.54, 1.807) is 0 Å². The van der Waals surface area contributed by atoms with E-state index in [-0.39, 0.29) is 0 Å². The molecule has 0 atom stereocenters. The second-order valence-corrected chi connectivity index (χ2v) is 15.0. The normalized spacial score (nSPS) is 12.7. The van der Waals surface area contributed by atoms with Gasteiger partial charge < -0.3 is 4.42 Å². The number of rotatable bonds is 4. The fraction of sp³-hybridized carbons (Fsp3) is 0.0377. The third-order valence-electron chi connectivity index (χ3n) is 11.7. The minimum atomic E-state index is 0.606. The van der Waals surface area contributed by atoms with Crippen molar-refractivity contribution in [3.63, 3.8) is 0 Å². The molecule has 1 aliphatic rings. The summed E-state index contributed by atoms with van der Waals surface area (Å²) in [6, 6.07) is 58.2. The summed E-state index contributed by atoms with van der Waals surface area (Å²) in [6.45, 7) is 0. The molecule has 0 unspecified atom stereocenters. The van der Waals surface area contributed by atoms with Crippen molar-refractivity contribution in [3.05, 3.63) is 181 Å². The van der Waals surface area contributed by atoms with Crippen LogP contribution >= 0.6 is 0 Å². The fourth-order valence-electron chi connectivity index (χ4n) is 9.07. The summed E-state index contributed by atoms with van der Waals surface area (Å²) in [5.74, 6) is 1.87. The zero-order chi connectivity index (χ0) is 37.5. The maximum absolute atomic E-state index is 6.85. The Bertz CT molecular complexity index is 3430. The van der Waals surface area contributed by atoms with Crippen LogP contribution in [0.1, 0.15) is 17.5 Å². The fourth-order valence-corrected chi connectivity index (χ4v) is 9.07. The molecule has 0 spiro atoms. The van der Waals surface area contributed by atoms with Crippen molar-refractivity contribution in [1.82, 2.24) is 15.0 Å². The predicted molar refractivity (Wildman–Crippen MR) is 236 cm³/mol. The van der Waals surface area contributed by atoms with Crippen molar-refractivity contribution < 1.29 is 4.42 Å². The second kappa shape index (κ2) is 12.6. The van der Waals surface area contributed by atoms with Crippen molar-refractivity contribution in [2.75, 3.05) is 0 Å². The number of hydrogen-bond donors (Lipinski definition) is 0. The lowest BCUT2D eigenvalue weighted by molar-refractivity contribution is 0.670. The van der Waals surface area contributed by atoms with E-state index in [4.69, 9.17) is 19.4 Å². The van der Waals surface area contributed by atoms with Gasteiger partial charge in [-0.15, -0.1) is 0 Å². The van der Waals surface area contributed by atoms with Crippen LogP contribution in [-0.2, 0) is 6.42 Å². The van der Waals surface area contributed by atoms with Gasteiger partial charge in [0.2, 0.25) is 0 Å². The van der Waals surface area contributed by atoms with Gasteiger partial charge in [0.05, 0.1) is 0 Å². The van der Waals surface area contributed by atoms with E-state index < -0.39 is 0 Å². The molecule has 0 aliphatic heterocycles. The molecular weight excluding hydrogens is 695 g/mol. The minimum absolute atomic E-state index is 0.606. The molecular formula is C53H33N3O. The van der Waals surface area contributed by atoms with Crippen molar-refractivity contribution in [2.45, 2.75) is 12.8 Å². The molecule has 0 radical (unpaired) electrons. The van der Waals surface area contributed by atoms with Gasteiger partial charge in [0, 0.05) is 33.0 Å². The van der Waals surface area contributed by atoms with E-state index in [9.17, 15) is 0 Å². The topological polar surface area (TPSA) is 51.8 Å².